The monoisotopic (exact) mass is 239 g/mol. The van der Waals surface area contributed by atoms with Crippen molar-refractivity contribution in [2.24, 2.45) is 0 Å². The van der Waals surface area contributed by atoms with Gasteiger partial charge < -0.3 is 10.1 Å². The zero-order chi connectivity index (χ0) is 12.7. The summed E-state index contributed by atoms with van der Waals surface area (Å²) in [6, 6.07) is 0.244. The number of likely N-dealkylation sites (N-methyl/N-ethyl adjacent to an activating group) is 1. The molecule has 0 saturated heterocycles. The number of ether oxygens (including phenoxy) is 1. The van der Waals surface area contributed by atoms with Crippen molar-refractivity contribution in [1.29, 1.82) is 0 Å². The van der Waals surface area contributed by atoms with Crippen LogP contribution in [0.2, 0.25) is 0 Å². The standard InChI is InChI=1S/C13H25N3O/c1-5-7-16-9-12(8-15-16)13(14-6-2)10-17-11(3)4/h8-9,11,13-14H,5-7,10H2,1-4H3. The SMILES string of the molecule is CCCn1cc(C(COC(C)C)NCC)cn1. The number of aromatic nitrogens is 2. The highest BCUT2D eigenvalue weighted by molar-refractivity contribution is 5.10. The van der Waals surface area contributed by atoms with Gasteiger partial charge in [-0.1, -0.05) is 13.8 Å². The van der Waals surface area contributed by atoms with Crippen LogP contribution in [0.1, 0.15) is 45.7 Å². The van der Waals surface area contributed by atoms with E-state index >= 15 is 0 Å². The molecule has 1 aromatic rings. The molecule has 0 bridgehead atoms. The lowest BCUT2D eigenvalue weighted by Crippen LogP contribution is -2.26. The van der Waals surface area contributed by atoms with E-state index in [4.69, 9.17) is 4.74 Å². The van der Waals surface area contributed by atoms with Crippen molar-refractivity contribution in [3.63, 3.8) is 0 Å². The van der Waals surface area contributed by atoms with Crippen LogP contribution in [-0.4, -0.2) is 29.0 Å². The summed E-state index contributed by atoms with van der Waals surface area (Å²) in [5.41, 5.74) is 1.21. The average Bonchev–Trinajstić information content (AvgIpc) is 2.73. The van der Waals surface area contributed by atoms with Crippen LogP contribution in [-0.2, 0) is 11.3 Å². The first-order valence-electron chi connectivity index (χ1n) is 6.54. The number of hydrogen-bond donors (Lipinski definition) is 1. The molecule has 4 heteroatoms. The molecule has 98 valence electrons. The minimum Gasteiger partial charge on any atom is -0.377 e. The van der Waals surface area contributed by atoms with Gasteiger partial charge in [-0.25, -0.2) is 0 Å². The number of nitrogens with one attached hydrogen (secondary N) is 1. The maximum absolute atomic E-state index is 5.68. The van der Waals surface area contributed by atoms with Crippen molar-refractivity contribution >= 4 is 0 Å². The van der Waals surface area contributed by atoms with E-state index in [1.165, 1.54) is 5.56 Å². The van der Waals surface area contributed by atoms with Gasteiger partial charge in [0.15, 0.2) is 0 Å². The third-order valence-electron chi connectivity index (χ3n) is 2.56. The van der Waals surface area contributed by atoms with Crippen molar-refractivity contribution in [2.45, 2.75) is 52.8 Å². The van der Waals surface area contributed by atoms with Gasteiger partial charge in [0.25, 0.3) is 0 Å². The summed E-state index contributed by atoms with van der Waals surface area (Å²) >= 11 is 0. The van der Waals surface area contributed by atoms with Crippen molar-refractivity contribution in [1.82, 2.24) is 15.1 Å². The summed E-state index contributed by atoms with van der Waals surface area (Å²) in [5, 5.41) is 7.79. The van der Waals surface area contributed by atoms with Gasteiger partial charge in [-0.2, -0.15) is 5.10 Å². The maximum atomic E-state index is 5.68. The molecule has 4 nitrogen and oxygen atoms in total. The van der Waals surface area contributed by atoms with E-state index < -0.39 is 0 Å². The van der Waals surface area contributed by atoms with E-state index in [0.717, 1.165) is 19.5 Å². The zero-order valence-corrected chi connectivity index (χ0v) is 11.4. The molecule has 0 aromatic carbocycles. The molecule has 0 aliphatic rings. The van der Waals surface area contributed by atoms with Crippen molar-refractivity contribution < 1.29 is 4.74 Å². The van der Waals surface area contributed by atoms with Gasteiger partial charge in [0.2, 0.25) is 0 Å². The number of aryl methyl sites for hydroxylation is 1. The normalized spacial score (nSPS) is 13.2. The Morgan fingerprint density at radius 2 is 2.18 bits per heavy atom. The van der Waals surface area contributed by atoms with Crippen molar-refractivity contribution in [2.75, 3.05) is 13.2 Å². The Bertz CT molecular complexity index is 309. The molecule has 1 N–H and O–H groups in total. The topological polar surface area (TPSA) is 39.1 Å². The Hall–Kier alpha value is -0.870. The minimum absolute atomic E-state index is 0.244. The van der Waals surface area contributed by atoms with E-state index in [1.807, 2.05) is 10.9 Å². The Kier molecular flexibility index (Phi) is 6.22. The summed E-state index contributed by atoms with van der Waals surface area (Å²) in [6.07, 6.45) is 5.42. The second-order valence-corrected chi connectivity index (χ2v) is 4.53. The largest absolute Gasteiger partial charge is 0.377 e. The van der Waals surface area contributed by atoms with Crippen LogP contribution in [0.15, 0.2) is 12.4 Å². The molecule has 1 unspecified atom stereocenters. The summed E-state index contributed by atoms with van der Waals surface area (Å²) in [6.45, 7) is 11.0. The first kappa shape index (κ1) is 14.2. The molecular formula is C13H25N3O. The molecule has 1 rings (SSSR count). The Morgan fingerprint density at radius 3 is 2.76 bits per heavy atom. The minimum atomic E-state index is 0.244. The van der Waals surface area contributed by atoms with Gasteiger partial charge >= 0.3 is 0 Å². The number of nitrogens with zero attached hydrogens (tertiary/aromatic N) is 2. The van der Waals surface area contributed by atoms with E-state index in [1.54, 1.807) is 0 Å². The fourth-order valence-electron chi connectivity index (χ4n) is 1.72. The highest BCUT2D eigenvalue weighted by Crippen LogP contribution is 2.13. The fourth-order valence-corrected chi connectivity index (χ4v) is 1.72. The van der Waals surface area contributed by atoms with E-state index in [9.17, 15) is 0 Å². The third-order valence-corrected chi connectivity index (χ3v) is 2.56. The molecule has 0 radical (unpaired) electrons. The van der Waals surface area contributed by atoms with Gasteiger partial charge in [0.05, 0.1) is 24.9 Å². The van der Waals surface area contributed by atoms with E-state index in [2.05, 4.69) is 44.3 Å². The van der Waals surface area contributed by atoms with E-state index in [0.29, 0.717) is 6.61 Å². The first-order valence-corrected chi connectivity index (χ1v) is 6.54. The Labute approximate surface area is 104 Å². The molecule has 1 heterocycles. The summed E-state index contributed by atoms with van der Waals surface area (Å²) in [4.78, 5) is 0. The third kappa shape index (κ3) is 4.88. The van der Waals surface area contributed by atoms with Gasteiger partial charge in [0.1, 0.15) is 0 Å². The molecule has 0 amide bonds. The Balaban J connectivity index is 2.60. The lowest BCUT2D eigenvalue weighted by Gasteiger charge is -2.18. The molecule has 1 aromatic heterocycles. The average molecular weight is 239 g/mol. The second kappa shape index (κ2) is 7.45. The molecule has 0 fully saturated rings. The van der Waals surface area contributed by atoms with Crippen LogP contribution in [0, 0.1) is 0 Å². The second-order valence-electron chi connectivity index (χ2n) is 4.53. The lowest BCUT2D eigenvalue weighted by atomic mass is 10.2. The van der Waals surface area contributed by atoms with Gasteiger partial charge in [-0.05, 0) is 26.8 Å². The lowest BCUT2D eigenvalue weighted by molar-refractivity contribution is 0.0614. The first-order chi connectivity index (χ1) is 8.17. The van der Waals surface area contributed by atoms with Crippen LogP contribution in [0.25, 0.3) is 0 Å². The number of hydrogen-bond acceptors (Lipinski definition) is 3. The van der Waals surface area contributed by atoms with E-state index in [-0.39, 0.29) is 12.1 Å². The predicted octanol–water partition coefficient (Wildman–Crippen LogP) is 2.37. The van der Waals surface area contributed by atoms with Gasteiger partial charge in [-0.15, -0.1) is 0 Å². The highest BCUT2D eigenvalue weighted by Gasteiger charge is 2.13. The summed E-state index contributed by atoms with van der Waals surface area (Å²) < 4.78 is 7.68. The van der Waals surface area contributed by atoms with Crippen LogP contribution in [0.4, 0.5) is 0 Å². The molecule has 1 atom stereocenters. The Morgan fingerprint density at radius 1 is 1.41 bits per heavy atom. The van der Waals surface area contributed by atoms with Crippen LogP contribution >= 0.6 is 0 Å². The summed E-state index contributed by atoms with van der Waals surface area (Å²) in [7, 11) is 0. The molecule has 0 spiro atoms. The molecule has 0 aliphatic carbocycles. The van der Waals surface area contributed by atoms with Crippen LogP contribution in [0.5, 0.6) is 0 Å². The highest BCUT2D eigenvalue weighted by atomic mass is 16.5. The fraction of sp³-hybridized carbons (Fsp3) is 0.769. The quantitative estimate of drug-likeness (QED) is 0.757. The smallest absolute Gasteiger partial charge is 0.0666 e. The van der Waals surface area contributed by atoms with Gasteiger partial charge in [0, 0.05) is 18.3 Å². The number of rotatable bonds is 8. The van der Waals surface area contributed by atoms with Crippen LogP contribution in [0.3, 0.4) is 0 Å². The molecule has 0 aliphatic heterocycles. The predicted molar refractivity (Wildman–Crippen MR) is 70.0 cm³/mol. The zero-order valence-electron chi connectivity index (χ0n) is 11.4. The van der Waals surface area contributed by atoms with Crippen LogP contribution < -0.4 is 5.32 Å². The van der Waals surface area contributed by atoms with Gasteiger partial charge in [-0.3, -0.25) is 4.68 Å². The van der Waals surface area contributed by atoms with Crippen molar-refractivity contribution in [3.05, 3.63) is 18.0 Å². The summed E-state index contributed by atoms with van der Waals surface area (Å²) in [5.74, 6) is 0. The molecular weight excluding hydrogens is 214 g/mol. The van der Waals surface area contributed by atoms with Crippen molar-refractivity contribution in [3.8, 4) is 0 Å². The maximum Gasteiger partial charge on any atom is 0.0666 e. The molecule has 17 heavy (non-hydrogen) atoms. The molecule has 0 saturated carbocycles.